The van der Waals surface area contributed by atoms with Gasteiger partial charge in [0.15, 0.2) is 0 Å². The minimum atomic E-state index is -0.778. The van der Waals surface area contributed by atoms with Crippen LogP contribution in [0.15, 0.2) is 0 Å². The Morgan fingerprint density at radius 3 is 2.57 bits per heavy atom. The van der Waals surface area contributed by atoms with Crippen molar-refractivity contribution in [1.82, 2.24) is 0 Å². The molecule has 0 spiro atoms. The molecule has 0 saturated heterocycles. The normalized spacial score (nSPS) is 14.0. The number of rotatable bonds is 7. The molecule has 1 atom stereocenters. The maximum absolute atomic E-state index is 10.3. The van der Waals surface area contributed by atoms with Crippen LogP contribution in [0.3, 0.4) is 0 Å². The van der Waals surface area contributed by atoms with Crippen molar-refractivity contribution in [1.29, 1.82) is 0 Å². The quantitative estimate of drug-likeness (QED) is 0.655. The monoisotopic (exact) mass is 203 g/mol. The van der Waals surface area contributed by atoms with Gasteiger partial charge in [0.1, 0.15) is 0 Å². The number of hydrogen-bond acceptors (Lipinski definition) is 3. The fourth-order valence-electron chi connectivity index (χ4n) is 0.933. The van der Waals surface area contributed by atoms with Gasteiger partial charge in [-0.3, -0.25) is 4.79 Å². The summed E-state index contributed by atoms with van der Waals surface area (Å²) in [6.07, 6.45) is 1.49. The first-order valence-corrected chi connectivity index (χ1v) is 4.93. The van der Waals surface area contributed by atoms with E-state index in [2.05, 4.69) is 0 Å². The average molecular weight is 203 g/mol. The highest BCUT2D eigenvalue weighted by molar-refractivity contribution is 5.66. The third-order valence-electron chi connectivity index (χ3n) is 1.91. The first-order valence-electron chi connectivity index (χ1n) is 4.93. The van der Waals surface area contributed by atoms with Crippen molar-refractivity contribution < 1.29 is 14.6 Å². The fraction of sp³-hybridized carbons (Fsp3) is 0.900. The number of nitrogens with two attached hydrogens (primary N) is 1. The molecule has 1 unspecified atom stereocenters. The second kappa shape index (κ2) is 5.98. The van der Waals surface area contributed by atoms with Gasteiger partial charge in [-0.05, 0) is 33.6 Å². The lowest BCUT2D eigenvalue weighted by atomic mass is 10.0. The van der Waals surface area contributed by atoms with Crippen molar-refractivity contribution >= 4 is 5.97 Å². The largest absolute Gasteiger partial charge is 0.481 e. The van der Waals surface area contributed by atoms with Crippen LogP contribution in [0.2, 0.25) is 0 Å². The topological polar surface area (TPSA) is 72.5 Å². The van der Waals surface area contributed by atoms with Gasteiger partial charge in [-0.1, -0.05) is 0 Å². The van der Waals surface area contributed by atoms with E-state index in [9.17, 15) is 4.79 Å². The second-order valence-electron chi connectivity index (χ2n) is 4.35. The minimum absolute atomic E-state index is 0.00606. The summed E-state index contributed by atoms with van der Waals surface area (Å²) in [7, 11) is 0. The van der Waals surface area contributed by atoms with E-state index < -0.39 is 5.97 Å². The van der Waals surface area contributed by atoms with E-state index in [-0.39, 0.29) is 18.1 Å². The Morgan fingerprint density at radius 1 is 1.57 bits per heavy atom. The average Bonchev–Trinajstić information content (AvgIpc) is 1.98. The molecule has 0 aromatic carbocycles. The summed E-state index contributed by atoms with van der Waals surface area (Å²) in [5.74, 6) is -0.778. The standard InChI is InChI=1S/C10H21NO3/c1-8(4-5-9(12)13)14-7-6-10(2,3)11/h8H,4-7,11H2,1-3H3,(H,12,13). The summed E-state index contributed by atoms with van der Waals surface area (Å²) < 4.78 is 5.43. The van der Waals surface area contributed by atoms with Crippen molar-refractivity contribution in [3.05, 3.63) is 0 Å². The van der Waals surface area contributed by atoms with Gasteiger partial charge < -0.3 is 15.6 Å². The Labute approximate surface area is 85.4 Å². The fourth-order valence-corrected chi connectivity index (χ4v) is 0.933. The van der Waals surface area contributed by atoms with Crippen LogP contribution < -0.4 is 5.73 Å². The van der Waals surface area contributed by atoms with Crippen molar-refractivity contribution in [2.24, 2.45) is 5.73 Å². The van der Waals surface area contributed by atoms with Gasteiger partial charge in [0.05, 0.1) is 6.10 Å². The number of carbonyl (C=O) groups is 1. The van der Waals surface area contributed by atoms with Crippen LogP contribution in [0.5, 0.6) is 0 Å². The molecule has 0 radical (unpaired) electrons. The third kappa shape index (κ3) is 9.48. The lowest BCUT2D eigenvalue weighted by Crippen LogP contribution is -2.33. The molecular formula is C10H21NO3. The first kappa shape index (κ1) is 13.4. The van der Waals surface area contributed by atoms with E-state index in [0.29, 0.717) is 13.0 Å². The van der Waals surface area contributed by atoms with Gasteiger partial charge in [0, 0.05) is 18.6 Å². The highest BCUT2D eigenvalue weighted by Crippen LogP contribution is 2.07. The molecule has 0 rings (SSSR count). The van der Waals surface area contributed by atoms with Crippen LogP contribution in [0, 0.1) is 0 Å². The third-order valence-corrected chi connectivity index (χ3v) is 1.91. The van der Waals surface area contributed by atoms with E-state index >= 15 is 0 Å². The molecule has 0 fully saturated rings. The zero-order valence-electron chi connectivity index (χ0n) is 9.25. The highest BCUT2D eigenvalue weighted by Gasteiger charge is 2.11. The van der Waals surface area contributed by atoms with E-state index in [1.165, 1.54) is 0 Å². The Kier molecular flexibility index (Phi) is 5.72. The van der Waals surface area contributed by atoms with Gasteiger partial charge in [-0.2, -0.15) is 0 Å². The number of carboxylic acid groups (broad SMARTS) is 1. The smallest absolute Gasteiger partial charge is 0.303 e. The molecule has 3 N–H and O–H groups in total. The molecule has 0 heterocycles. The zero-order chi connectivity index (χ0) is 11.2. The van der Waals surface area contributed by atoms with Crippen LogP contribution in [0.1, 0.15) is 40.0 Å². The summed E-state index contributed by atoms with van der Waals surface area (Å²) >= 11 is 0. The Balaban J connectivity index is 3.45. The lowest BCUT2D eigenvalue weighted by molar-refractivity contribution is -0.137. The molecule has 0 saturated carbocycles. The maximum atomic E-state index is 10.3. The Hall–Kier alpha value is -0.610. The molecule has 84 valence electrons. The lowest BCUT2D eigenvalue weighted by Gasteiger charge is -2.19. The molecule has 0 amide bonds. The molecule has 0 bridgehead atoms. The van der Waals surface area contributed by atoms with Crippen molar-refractivity contribution in [3.63, 3.8) is 0 Å². The first-order chi connectivity index (χ1) is 6.31. The summed E-state index contributed by atoms with van der Waals surface area (Å²) in [5.41, 5.74) is 5.55. The van der Waals surface area contributed by atoms with Gasteiger partial charge in [0.25, 0.3) is 0 Å². The van der Waals surface area contributed by atoms with Crippen LogP contribution in [0.25, 0.3) is 0 Å². The van der Waals surface area contributed by atoms with E-state index in [4.69, 9.17) is 15.6 Å². The molecular weight excluding hydrogens is 182 g/mol. The summed E-state index contributed by atoms with van der Waals surface area (Å²) in [5, 5.41) is 8.44. The summed E-state index contributed by atoms with van der Waals surface area (Å²) in [6.45, 7) is 6.35. The number of aliphatic carboxylic acids is 1. The molecule has 0 aliphatic heterocycles. The van der Waals surface area contributed by atoms with Crippen molar-refractivity contribution in [2.45, 2.75) is 51.7 Å². The van der Waals surface area contributed by atoms with Gasteiger partial charge in [0.2, 0.25) is 0 Å². The van der Waals surface area contributed by atoms with Gasteiger partial charge in [-0.25, -0.2) is 0 Å². The predicted molar refractivity (Wildman–Crippen MR) is 55.2 cm³/mol. The zero-order valence-corrected chi connectivity index (χ0v) is 9.25. The molecule has 0 aromatic rings. The molecule has 0 aliphatic rings. The molecule has 0 aromatic heterocycles. The van der Waals surface area contributed by atoms with Crippen LogP contribution in [-0.4, -0.2) is 29.3 Å². The number of ether oxygens (including phenoxy) is 1. The molecule has 14 heavy (non-hydrogen) atoms. The van der Waals surface area contributed by atoms with Crippen LogP contribution in [0.4, 0.5) is 0 Å². The molecule has 4 nitrogen and oxygen atoms in total. The van der Waals surface area contributed by atoms with Crippen LogP contribution in [-0.2, 0) is 9.53 Å². The van der Waals surface area contributed by atoms with Crippen LogP contribution >= 0.6 is 0 Å². The van der Waals surface area contributed by atoms with Gasteiger partial charge in [-0.15, -0.1) is 0 Å². The Morgan fingerprint density at radius 2 is 2.14 bits per heavy atom. The minimum Gasteiger partial charge on any atom is -0.481 e. The van der Waals surface area contributed by atoms with Crippen molar-refractivity contribution in [2.75, 3.05) is 6.61 Å². The summed E-state index contributed by atoms with van der Waals surface area (Å²) in [6, 6.07) is 0. The second-order valence-corrected chi connectivity index (χ2v) is 4.35. The molecule has 0 aliphatic carbocycles. The number of hydrogen-bond donors (Lipinski definition) is 2. The van der Waals surface area contributed by atoms with E-state index in [1.54, 1.807) is 0 Å². The molecule has 4 heteroatoms. The van der Waals surface area contributed by atoms with E-state index in [0.717, 1.165) is 6.42 Å². The van der Waals surface area contributed by atoms with Gasteiger partial charge >= 0.3 is 5.97 Å². The predicted octanol–water partition coefficient (Wildman–Crippen LogP) is 1.38. The maximum Gasteiger partial charge on any atom is 0.303 e. The van der Waals surface area contributed by atoms with Crippen molar-refractivity contribution in [3.8, 4) is 0 Å². The Bertz CT molecular complexity index is 175. The highest BCUT2D eigenvalue weighted by atomic mass is 16.5. The SMILES string of the molecule is CC(CCC(=O)O)OCCC(C)(C)N. The van der Waals surface area contributed by atoms with E-state index in [1.807, 2.05) is 20.8 Å². The number of carboxylic acids is 1. The summed E-state index contributed by atoms with van der Waals surface area (Å²) in [4.78, 5) is 10.3.